The third-order valence-corrected chi connectivity index (χ3v) is 7.17. The molecule has 6 nitrogen and oxygen atoms in total. The van der Waals surface area contributed by atoms with Crippen molar-refractivity contribution in [2.24, 2.45) is 0 Å². The van der Waals surface area contributed by atoms with Crippen LogP contribution in [0.3, 0.4) is 0 Å². The van der Waals surface area contributed by atoms with Crippen LogP contribution in [0, 0.1) is 5.82 Å². The molecule has 0 unspecified atom stereocenters. The van der Waals surface area contributed by atoms with Crippen LogP contribution >= 0.6 is 11.6 Å². The van der Waals surface area contributed by atoms with Gasteiger partial charge in [0.2, 0.25) is 0 Å². The van der Waals surface area contributed by atoms with Gasteiger partial charge in [0, 0.05) is 13.1 Å². The monoisotopic (exact) mass is 520 g/mol. The molecule has 1 aliphatic heterocycles. The number of rotatable bonds is 4. The van der Waals surface area contributed by atoms with E-state index in [-0.39, 0.29) is 11.9 Å². The number of piperazine rings is 1. The Labute approximate surface area is 222 Å². The molecule has 37 heavy (non-hydrogen) atoms. The van der Waals surface area contributed by atoms with Crippen molar-refractivity contribution in [1.82, 2.24) is 19.4 Å². The number of hydrogen-bond donors (Lipinski definition) is 0. The van der Waals surface area contributed by atoms with Gasteiger partial charge in [0.15, 0.2) is 0 Å². The molecule has 3 heterocycles. The summed E-state index contributed by atoms with van der Waals surface area (Å²) in [6, 6.07) is 10.8. The fraction of sp³-hybridized carbons (Fsp3) is 0.393. The molecule has 1 aliphatic carbocycles. The van der Waals surface area contributed by atoms with Gasteiger partial charge in [-0.3, -0.25) is 0 Å². The van der Waals surface area contributed by atoms with Crippen molar-refractivity contribution in [1.29, 1.82) is 0 Å². The zero-order valence-electron chi connectivity index (χ0n) is 21.6. The molecular weight excluding hydrogens is 490 g/mol. The van der Waals surface area contributed by atoms with Gasteiger partial charge in [0.05, 0.1) is 0 Å². The number of carbonyl (C=O) groups is 1. The van der Waals surface area contributed by atoms with E-state index in [1.807, 2.05) is 32.9 Å². The standard InChI is InChI=1S/C28H31BClFN4O2/c1-28(2,3)37-27(36)34-13-11-33(12-14-34)26(18-5-4-6-18)19-7-8-21(23(31)15-19)24-9-10-25-22(30)16-20(17-29)35(25)32-24/h7-10,15-17,29H,4-6,11-14H2,1-3H3. The summed E-state index contributed by atoms with van der Waals surface area (Å²) < 4.78 is 22.8. The molecule has 0 spiro atoms. The van der Waals surface area contributed by atoms with Gasteiger partial charge in [0.25, 0.3) is 0 Å². The maximum atomic E-state index is 15.6. The van der Waals surface area contributed by atoms with Crippen LogP contribution in [0.2, 0.25) is 5.02 Å². The molecule has 1 aromatic carbocycles. The van der Waals surface area contributed by atoms with Crippen LogP contribution in [0.1, 0.15) is 51.3 Å². The Morgan fingerprint density at radius 3 is 2.38 bits per heavy atom. The molecule has 3 aromatic rings. The number of aromatic nitrogens is 2. The molecule has 1 saturated carbocycles. The molecular formula is C28H31BClFN4O2. The van der Waals surface area contributed by atoms with Crippen LogP contribution in [-0.4, -0.2) is 70.7 Å². The van der Waals surface area contributed by atoms with Crippen molar-refractivity contribution >= 4 is 42.4 Å². The van der Waals surface area contributed by atoms with Gasteiger partial charge in [0.1, 0.15) is 5.60 Å². The molecule has 0 atom stereocenters. The first-order valence-electron chi connectivity index (χ1n) is 12.7. The molecule has 2 aliphatic rings. The molecule has 2 fully saturated rings. The van der Waals surface area contributed by atoms with Gasteiger partial charge in [-0.2, -0.15) is 0 Å². The number of carbonyl (C=O) groups excluding carboxylic acids is 1. The van der Waals surface area contributed by atoms with Gasteiger partial charge in [-0.05, 0) is 27.2 Å². The Kier molecular flexibility index (Phi) is 6.88. The van der Waals surface area contributed by atoms with E-state index in [0.717, 1.165) is 41.7 Å². The zero-order valence-corrected chi connectivity index (χ0v) is 22.3. The predicted octanol–water partition coefficient (Wildman–Crippen LogP) is 5.29. The summed E-state index contributed by atoms with van der Waals surface area (Å²) in [6.07, 6.45) is 2.89. The first-order valence-corrected chi connectivity index (χ1v) is 13.1. The van der Waals surface area contributed by atoms with Gasteiger partial charge >= 0.3 is 163 Å². The first kappa shape index (κ1) is 25.5. The van der Waals surface area contributed by atoms with Crippen LogP contribution in [0.25, 0.3) is 22.5 Å². The Bertz CT molecular complexity index is 1400. The number of ether oxygens (including phenoxy) is 1. The van der Waals surface area contributed by atoms with Crippen molar-refractivity contribution in [2.45, 2.75) is 45.6 Å². The van der Waals surface area contributed by atoms with Crippen LogP contribution in [0.5, 0.6) is 0 Å². The van der Waals surface area contributed by atoms with Crippen molar-refractivity contribution in [3.63, 3.8) is 0 Å². The molecule has 192 valence electrons. The van der Waals surface area contributed by atoms with E-state index in [2.05, 4.69) is 17.5 Å². The normalized spacial score (nSPS) is 16.1. The summed E-state index contributed by atoms with van der Waals surface area (Å²) in [5.41, 5.74) is 5.23. The summed E-state index contributed by atoms with van der Waals surface area (Å²) >= 11 is 6.30. The minimum absolute atomic E-state index is 0.284. The molecule has 9 heteroatoms. The molecule has 5 rings (SSSR count). The average Bonchev–Trinajstić information content (AvgIpc) is 3.15. The van der Waals surface area contributed by atoms with Gasteiger partial charge in [-0.25, -0.2) is 4.79 Å². The Balaban J connectivity index is 1.40. The van der Waals surface area contributed by atoms with E-state index >= 15 is 4.39 Å². The molecule has 0 N–H and O–H groups in total. The third kappa shape index (κ3) is 5.17. The van der Waals surface area contributed by atoms with E-state index in [9.17, 15) is 4.79 Å². The van der Waals surface area contributed by atoms with E-state index in [0.29, 0.717) is 42.5 Å². The number of nitrogens with zero attached hydrogens (tertiary/aromatic N) is 4. The Hall–Kier alpha value is -3.13. The molecule has 1 amide bonds. The number of allylic oxidation sites excluding steroid dienone is 1. The van der Waals surface area contributed by atoms with E-state index in [1.165, 1.54) is 5.57 Å². The SMILES string of the molecule is B=Cc1cc(Cl)c2ccc(-c3ccc(C(=C4CCC4)N4CCN(C(=O)OC(C)(C)C)CC4)cc3F)nn12. The minimum atomic E-state index is -0.521. The quantitative estimate of drug-likeness (QED) is 0.439. The fourth-order valence-corrected chi connectivity index (χ4v) is 5.12. The van der Waals surface area contributed by atoms with E-state index in [1.54, 1.807) is 39.6 Å². The van der Waals surface area contributed by atoms with Crippen molar-refractivity contribution < 1.29 is 13.9 Å². The fourth-order valence-electron chi connectivity index (χ4n) is 4.86. The molecule has 0 bridgehead atoms. The summed E-state index contributed by atoms with van der Waals surface area (Å²) in [6.45, 7) is 8.12. The Morgan fingerprint density at radius 2 is 1.78 bits per heavy atom. The second-order valence-electron chi connectivity index (χ2n) is 10.6. The average molecular weight is 521 g/mol. The van der Waals surface area contributed by atoms with Crippen molar-refractivity contribution in [3.05, 3.63) is 64.1 Å². The first-order chi connectivity index (χ1) is 17.6. The third-order valence-electron chi connectivity index (χ3n) is 6.87. The van der Waals surface area contributed by atoms with Gasteiger partial charge in [-0.1, -0.05) is 0 Å². The summed E-state index contributed by atoms with van der Waals surface area (Å²) in [5.74, 6) is 1.35. The van der Waals surface area contributed by atoms with Crippen molar-refractivity contribution in [2.75, 3.05) is 26.2 Å². The summed E-state index contributed by atoms with van der Waals surface area (Å²) in [7, 11) is 3.82. The van der Waals surface area contributed by atoms with Crippen LogP contribution < -0.4 is 0 Å². The number of fused-ring (bicyclic) bond motifs is 1. The predicted molar refractivity (Wildman–Crippen MR) is 148 cm³/mol. The number of halogens is 2. The van der Waals surface area contributed by atoms with Crippen LogP contribution in [0.4, 0.5) is 9.18 Å². The van der Waals surface area contributed by atoms with Crippen molar-refractivity contribution in [3.8, 4) is 11.3 Å². The second-order valence-corrected chi connectivity index (χ2v) is 11.0. The van der Waals surface area contributed by atoms with Gasteiger partial charge in [-0.15, -0.1) is 0 Å². The van der Waals surface area contributed by atoms with Gasteiger partial charge < -0.3 is 9.64 Å². The zero-order chi connectivity index (χ0) is 26.3. The van der Waals surface area contributed by atoms with E-state index < -0.39 is 5.60 Å². The summed E-state index contributed by atoms with van der Waals surface area (Å²) in [4.78, 5) is 16.5. The molecule has 0 radical (unpaired) electrons. The van der Waals surface area contributed by atoms with Crippen LogP contribution in [0.15, 0.2) is 42.0 Å². The van der Waals surface area contributed by atoms with Crippen LogP contribution in [-0.2, 0) is 4.74 Å². The number of amides is 1. The molecule has 1 saturated heterocycles. The summed E-state index contributed by atoms with van der Waals surface area (Å²) in [5, 5.41) is 5.20. The molecule has 2 aromatic heterocycles. The second kappa shape index (κ2) is 9.97. The topological polar surface area (TPSA) is 50.1 Å². The number of benzene rings is 1. The number of hydrogen-bond acceptors (Lipinski definition) is 4. The van der Waals surface area contributed by atoms with E-state index in [4.69, 9.17) is 16.3 Å². The maximum absolute atomic E-state index is 15.6. The Morgan fingerprint density at radius 1 is 1.08 bits per heavy atom.